The third-order valence-electron chi connectivity index (χ3n) is 7.69. The van der Waals surface area contributed by atoms with Crippen LogP contribution in [0.5, 0.6) is 0 Å². The molecule has 0 spiro atoms. The Morgan fingerprint density at radius 3 is 1.56 bits per heavy atom. The van der Waals surface area contributed by atoms with Gasteiger partial charge in [0.2, 0.25) is 0 Å². The fourth-order valence-corrected chi connectivity index (χ4v) is 5.44. The summed E-state index contributed by atoms with van der Waals surface area (Å²) in [5.74, 6) is -3.70. The maximum atomic E-state index is 13.4. The quantitative estimate of drug-likeness (QED) is 0.200. The van der Waals surface area contributed by atoms with Crippen LogP contribution in [0.1, 0.15) is 44.9 Å². The monoisotopic (exact) mass is 692 g/mol. The molecule has 3 aromatic carbocycles. The summed E-state index contributed by atoms with van der Waals surface area (Å²) in [6.45, 7) is 1.62. The topological polar surface area (TPSA) is 168 Å². The molecule has 2 saturated heterocycles. The third-order valence-corrected chi connectivity index (χ3v) is 7.69. The molecule has 0 aromatic heterocycles. The highest BCUT2D eigenvalue weighted by Gasteiger charge is 2.54. The molecule has 8 atom stereocenters. The summed E-state index contributed by atoms with van der Waals surface area (Å²) in [6, 6.07) is 24.3. The second kappa shape index (κ2) is 17.0. The highest BCUT2D eigenvalue weighted by molar-refractivity contribution is 5.91. The lowest BCUT2D eigenvalue weighted by atomic mass is 10.0. The molecule has 2 fully saturated rings. The summed E-state index contributed by atoms with van der Waals surface area (Å²) in [4.78, 5) is 63.9. The van der Waals surface area contributed by atoms with Gasteiger partial charge in [-0.05, 0) is 36.4 Å². The van der Waals surface area contributed by atoms with Gasteiger partial charge in [-0.15, -0.1) is 0 Å². The first-order chi connectivity index (χ1) is 24.1. The minimum Gasteiger partial charge on any atom is -0.459 e. The highest BCUT2D eigenvalue weighted by Crippen LogP contribution is 2.33. The fraction of sp³-hybridized carbons (Fsp3) is 0.361. The van der Waals surface area contributed by atoms with Crippen LogP contribution in [0.15, 0.2) is 91.0 Å². The molecule has 0 radical (unpaired) electrons. The number of carbonyl (C=O) groups is 5. The van der Waals surface area contributed by atoms with Gasteiger partial charge in [-0.3, -0.25) is 9.59 Å². The number of hydrogen-bond acceptors (Lipinski definition) is 14. The van der Waals surface area contributed by atoms with Crippen molar-refractivity contribution in [3.63, 3.8) is 0 Å². The predicted octanol–water partition coefficient (Wildman–Crippen LogP) is 3.27. The van der Waals surface area contributed by atoms with E-state index in [4.69, 9.17) is 42.6 Å². The zero-order chi connectivity index (χ0) is 35.6. The van der Waals surface area contributed by atoms with E-state index in [0.29, 0.717) is 0 Å². The number of esters is 5. The SMILES string of the molecule is CO[C@H]1OC[C@@H](O[C@H]2O[C@@H](COC(=O)c3ccccc3)[C@@H](OC(=O)c3ccccc3)[C@H]2OC(=O)c2ccccc2)[C@H](OC(C)=O)[C@H]1OC(C)=O. The van der Waals surface area contributed by atoms with E-state index in [2.05, 4.69) is 0 Å². The lowest BCUT2D eigenvalue weighted by Crippen LogP contribution is -2.58. The van der Waals surface area contributed by atoms with Gasteiger partial charge in [0.1, 0.15) is 18.8 Å². The van der Waals surface area contributed by atoms with Crippen molar-refractivity contribution in [1.29, 1.82) is 0 Å². The number of methoxy groups -OCH3 is 1. The number of benzene rings is 3. The summed E-state index contributed by atoms with van der Waals surface area (Å²) in [5, 5.41) is 0. The molecule has 2 aliphatic heterocycles. The van der Waals surface area contributed by atoms with Gasteiger partial charge in [-0.2, -0.15) is 0 Å². The van der Waals surface area contributed by atoms with E-state index in [1.54, 1.807) is 66.7 Å². The first-order valence-corrected chi connectivity index (χ1v) is 15.7. The van der Waals surface area contributed by atoms with Crippen molar-refractivity contribution < 1.29 is 66.6 Å². The Kier molecular flexibility index (Phi) is 12.3. The van der Waals surface area contributed by atoms with Gasteiger partial charge in [0.05, 0.1) is 23.3 Å². The van der Waals surface area contributed by atoms with Gasteiger partial charge < -0.3 is 42.6 Å². The van der Waals surface area contributed by atoms with Crippen molar-refractivity contribution in [3.05, 3.63) is 108 Å². The molecule has 0 aliphatic carbocycles. The predicted molar refractivity (Wildman–Crippen MR) is 169 cm³/mol. The molecule has 2 aliphatic rings. The summed E-state index contributed by atoms with van der Waals surface area (Å²) < 4.78 is 51.8. The summed E-state index contributed by atoms with van der Waals surface area (Å²) >= 11 is 0. The lowest BCUT2D eigenvalue weighted by Gasteiger charge is -2.41. The van der Waals surface area contributed by atoms with Gasteiger partial charge in [-0.25, -0.2) is 14.4 Å². The Morgan fingerprint density at radius 2 is 1.06 bits per heavy atom. The Morgan fingerprint density at radius 1 is 0.600 bits per heavy atom. The summed E-state index contributed by atoms with van der Waals surface area (Å²) in [5.41, 5.74) is 0.626. The molecule has 0 saturated carbocycles. The number of rotatable bonds is 12. The standard InChI is InChI=1S/C36H36O14/c1-21(37)45-28-27(20-44-35(42-3)30(28)46-22(2)38)48-36-31(50-34(41)25-17-11-6-12-18-25)29(49-33(40)24-15-9-5-10-16-24)26(47-36)19-43-32(39)23-13-7-4-8-14-23/h4-18,26-31,35-36H,19-20H2,1-3H3/t26-,27+,28-,29+,30+,31+,35-,36+/m0/s1. The highest BCUT2D eigenvalue weighted by atomic mass is 16.8. The van der Waals surface area contributed by atoms with E-state index in [1.807, 2.05) is 0 Å². The normalized spacial score (nSPS) is 25.9. The van der Waals surface area contributed by atoms with Crippen molar-refractivity contribution in [2.75, 3.05) is 20.3 Å². The average Bonchev–Trinajstić information content (AvgIpc) is 3.43. The molecule has 0 amide bonds. The Bertz CT molecular complexity index is 1620. The number of carbonyl (C=O) groups excluding carboxylic acids is 5. The Hall–Kier alpha value is -5.15. The van der Waals surface area contributed by atoms with Crippen molar-refractivity contribution in [2.45, 2.75) is 63.1 Å². The largest absolute Gasteiger partial charge is 0.459 e. The lowest BCUT2D eigenvalue weighted by molar-refractivity contribution is -0.302. The van der Waals surface area contributed by atoms with Crippen molar-refractivity contribution in [2.24, 2.45) is 0 Å². The smallest absolute Gasteiger partial charge is 0.338 e. The number of ether oxygens (including phenoxy) is 9. The second-order valence-electron chi connectivity index (χ2n) is 11.2. The van der Waals surface area contributed by atoms with Crippen LogP contribution >= 0.6 is 0 Å². The second-order valence-corrected chi connectivity index (χ2v) is 11.2. The molecule has 264 valence electrons. The molecule has 0 bridgehead atoms. The maximum Gasteiger partial charge on any atom is 0.338 e. The molecule has 0 unspecified atom stereocenters. The first-order valence-electron chi connectivity index (χ1n) is 15.7. The Balaban J connectivity index is 1.48. The van der Waals surface area contributed by atoms with Crippen molar-refractivity contribution >= 4 is 29.8 Å². The van der Waals surface area contributed by atoms with Gasteiger partial charge >= 0.3 is 29.8 Å². The van der Waals surface area contributed by atoms with E-state index >= 15 is 0 Å². The van der Waals surface area contributed by atoms with Crippen LogP contribution in [0.2, 0.25) is 0 Å². The van der Waals surface area contributed by atoms with E-state index in [1.165, 1.54) is 31.4 Å². The van der Waals surface area contributed by atoms with Crippen LogP contribution in [0.4, 0.5) is 0 Å². The number of hydrogen-bond donors (Lipinski definition) is 0. The summed E-state index contributed by atoms with van der Waals surface area (Å²) in [6.07, 6.45) is -10.4. The van der Waals surface area contributed by atoms with Gasteiger partial charge in [-0.1, -0.05) is 54.6 Å². The fourth-order valence-electron chi connectivity index (χ4n) is 5.44. The van der Waals surface area contributed by atoms with Gasteiger partial charge in [0.15, 0.2) is 37.0 Å². The minimum absolute atomic E-state index is 0.176. The van der Waals surface area contributed by atoms with Crippen LogP contribution in [0.25, 0.3) is 0 Å². The molecule has 0 N–H and O–H groups in total. The zero-order valence-corrected chi connectivity index (χ0v) is 27.4. The van der Waals surface area contributed by atoms with Gasteiger partial charge in [0, 0.05) is 21.0 Å². The van der Waals surface area contributed by atoms with Crippen LogP contribution in [-0.2, 0) is 52.2 Å². The molecule has 5 rings (SSSR count). The molecular weight excluding hydrogens is 656 g/mol. The Labute approximate surface area is 287 Å². The zero-order valence-electron chi connectivity index (χ0n) is 27.4. The van der Waals surface area contributed by atoms with Crippen molar-refractivity contribution in [3.8, 4) is 0 Å². The van der Waals surface area contributed by atoms with E-state index in [-0.39, 0.29) is 23.3 Å². The summed E-state index contributed by atoms with van der Waals surface area (Å²) in [7, 11) is 1.32. The van der Waals surface area contributed by atoms with Crippen molar-refractivity contribution in [1.82, 2.24) is 0 Å². The van der Waals surface area contributed by atoms with Gasteiger partial charge in [0.25, 0.3) is 0 Å². The van der Waals surface area contributed by atoms with E-state index < -0.39 is 85.7 Å². The van der Waals surface area contributed by atoms with Crippen LogP contribution in [-0.4, -0.2) is 99.4 Å². The molecule has 14 heteroatoms. The third kappa shape index (κ3) is 9.09. The molecular formula is C36H36O14. The molecule has 50 heavy (non-hydrogen) atoms. The van der Waals surface area contributed by atoms with E-state index in [9.17, 15) is 24.0 Å². The first kappa shape index (κ1) is 36.1. The molecule has 3 aromatic rings. The maximum absolute atomic E-state index is 13.4. The van der Waals surface area contributed by atoms with Crippen LogP contribution in [0.3, 0.4) is 0 Å². The van der Waals surface area contributed by atoms with Crippen LogP contribution in [0, 0.1) is 0 Å². The van der Waals surface area contributed by atoms with Crippen LogP contribution < -0.4 is 0 Å². The van der Waals surface area contributed by atoms with E-state index in [0.717, 1.165) is 13.8 Å². The molecule has 14 nitrogen and oxygen atoms in total. The average molecular weight is 693 g/mol. The minimum atomic E-state index is -1.51. The molecule has 2 heterocycles.